The molecule has 0 unspecified atom stereocenters. The Morgan fingerprint density at radius 1 is 1.45 bits per heavy atom. The lowest BCUT2D eigenvalue weighted by atomic mass is 10.4. The standard InChI is InChI=1S/C7H9FO.C2H6/c1-4-7(8)5-6(2)9-3;1-2/h4-5H,1-2H2,3H3;1-2H3/b7-5+;. The summed E-state index contributed by atoms with van der Waals surface area (Å²) in [5.74, 6) is -0.158. The number of allylic oxidation sites excluding steroid dienone is 3. The molecule has 0 heterocycles. The molecule has 0 amide bonds. The van der Waals surface area contributed by atoms with Gasteiger partial charge in [-0.3, -0.25) is 0 Å². The Bertz CT molecular complexity index is 148. The van der Waals surface area contributed by atoms with E-state index < -0.39 is 5.83 Å². The first-order chi connectivity index (χ1) is 5.20. The minimum absolute atomic E-state index is 0.285. The largest absolute Gasteiger partial charge is 0.497 e. The Kier molecular flexibility index (Phi) is 10.3. The van der Waals surface area contributed by atoms with E-state index >= 15 is 0 Å². The number of halogens is 1. The van der Waals surface area contributed by atoms with Crippen molar-refractivity contribution < 1.29 is 9.13 Å². The smallest absolute Gasteiger partial charge is 0.126 e. The Morgan fingerprint density at radius 2 is 1.91 bits per heavy atom. The third kappa shape index (κ3) is 8.95. The van der Waals surface area contributed by atoms with Gasteiger partial charge in [0.15, 0.2) is 0 Å². The van der Waals surface area contributed by atoms with Crippen molar-refractivity contribution in [2.24, 2.45) is 0 Å². The maximum atomic E-state index is 12.2. The van der Waals surface area contributed by atoms with Crippen LogP contribution in [0.3, 0.4) is 0 Å². The van der Waals surface area contributed by atoms with Crippen LogP contribution in [0.15, 0.2) is 36.9 Å². The molecular formula is C9H15FO. The van der Waals surface area contributed by atoms with Crippen molar-refractivity contribution in [3.8, 4) is 0 Å². The summed E-state index contributed by atoms with van der Waals surface area (Å²) in [5.41, 5.74) is 0. The summed E-state index contributed by atoms with van der Waals surface area (Å²) in [4.78, 5) is 0. The van der Waals surface area contributed by atoms with E-state index in [1.54, 1.807) is 0 Å². The fraction of sp³-hybridized carbons (Fsp3) is 0.333. The summed E-state index contributed by atoms with van der Waals surface area (Å²) >= 11 is 0. The molecule has 0 aliphatic carbocycles. The van der Waals surface area contributed by atoms with E-state index in [2.05, 4.69) is 17.9 Å². The molecule has 0 aromatic heterocycles. The van der Waals surface area contributed by atoms with E-state index in [-0.39, 0.29) is 5.76 Å². The SMILES string of the molecule is C=C/C(F)=C\C(=C)OC.CC. The zero-order valence-electron chi connectivity index (χ0n) is 7.36. The Hall–Kier alpha value is -1.05. The third-order valence-electron chi connectivity index (χ3n) is 0.756. The second kappa shape index (κ2) is 8.95. The van der Waals surface area contributed by atoms with Crippen LogP contribution in [0.2, 0.25) is 0 Å². The topological polar surface area (TPSA) is 9.23 Å². The summed E-state index contributed by atoms with van der Waals surface area (Å²) in [6.45, 7) is 10.6. The molecule has 0 spiro atoms. The van der Waals surface area contributed by atoms with Crippen LogP contribution in [0.4, 0.5) is 4.39 Å². The molecule has 0 radical (unpaired) electrons. The quantitative estimate of drug-likeness (QED) is 0.452. The van der Waals surface area contributed by atoms with Gasteiger partial charge in [-0.05, 0) is 6.08 Å². The predicted molar refractivity (Wildman–Crippen MR) is 46.9 cm³/mol. The van der Waals surface area contributed by atoms with Gasteiger partial charge in [0.2, 0.25) is 0 Å². The lowest BCUT2D eigenvalue weighted by Gasteiger charge is -1.94. The van der Waals surface area contributed by atoms with Crippen LogP contribution in [-0.4, -0.2) is 7.11 Å². The summed E-state index contributed by atoms with van der Waals surface area (Å²) in [7, 11) is 1.43. The van der Waals surface area contributed by atoms with E-state index in [1.807, 2.05) is 13.8 Å². The maximum Gasteiger partial charge on any atom is 0.126 e. The van der Waals surface area contributed by atoms with Crippen molar-refractivity contribution in [1.82, 2.24) is 0 Å². The molecule has 0 saturated carbocycles. The minimum atomic E-state index is -0.443. The van der Waals surface area contributed by atoms with E-state index in [4.69, 9.17) is 0 Å². The van der Waals surface area contributed by atoms with Gasteiger partial charge >= 0.3 is 0 Å². The van der Waals surface area contributed by atoms with Crippen molar-refractivity contribution in [2.75, 3.05) is 7.11 Å². The molecule has 0 saturated heterocycles. The second-order valence-corrected chi connectivity index (χ2v) is 1.40. The molecular weight excluding hydrogens is 143 g/mol. The summed E-state index contributed by atoms with van der Waals surface area (Å²) < 4.78 is 16.7. The zero-order chi connectivity index (χ0) is 9.28. The Morgan fingerprint density at radius 3 is 2.18 bits per heavy atom. The first-order valence-electron chi connectivity index (χ1n) is 3.43. The second-order valence-electron chi connectivity index (χ2n) is 1.40. The van der Waals surface area contributed by atoms with Gasteiger partial charge in [-0.1, -0.05) is 27.0 Å². The molecule has 1 nitrogen and oxygen atoms in total. The van der Waals surface area contributed by atoms with Gasteiger partial charge < -0.3 is 4.74 Å². The van der Waals surface area contributed by atoms with E-state index in [0.717, 1.165) is 12.2 Å². The first kappa shape index (κ1) is 12.6. The van der Waals surface area contributed by atoms with Gasteiger partial charge in [-0.25, -0.2) is 4.39 Å². The molecule has 64 valence electrons. The fourth-order valence-electron chi connectivity index (χ4n) is 0.272. The molecule has 0 atom stereocenters. The predicted octanol–water partition coefficient (Wildman–Crippen LogP) is 3.21. The fourth-order valence-corrected chi connectivity index (χ4v) is 0.272. The van der Waals surface area contributed by atoms with Crippen molar-refractivity contribution in [3.63, 3.8) is 0 Å². The van der Waals surface area contributed by atoms with Crippen LogP contribution in [0.1, 0.15) is 13.8 Å². The zero-order valence-corrected chi connectivity index (χ0v) is 7.36. The monoisotopic (exact) mass is 158 g/mol. The average molecular weight is 158 g/mol. The molecule has 0 aliphatic heterocycles. The molecule has 0 rings (SSSR count). The van der Waals surface area contributed by atoms with Gasteiger partial charge in [0, 0.05) is 6.08 Å². The molecule has 0 bridgehead atoms. The lowest BCUT2D eigenvalue weighted by Crippen LogP contribution is -1.77. The molecule has 0 N–H and O–H groups in total. The number of methoxy groups -OCH3 is 1. The number of ether oxygens (including phenoxy) is 1. The number of hydrogen-bond donors (Lipinski definition) is 0. The molecule has 0 aromatic rings. The summed E-state index contributed by atoms with van der Waals surface area (Å²) in [6, 6.07) is 0. The molecule has 0 aliphatic rings. The van der Waals surface area contributed by atoms with Crippen LogP contribution in [0.5, 0.6) is 0 Å². The van der Waals surface area contributed by atoms with E-state index in [1.165, 1.54) is 7.11 Å². The minimum Gasteiger partial charge on any atom is -0.497 e. The normalized spacial score (nSPS) is 9.27. The van der Waals surface area contributed by atoms with Gasteiger partial charge in [0.1, 0.15) is 11.6 Å². The van der Waals surface area contributed by atoms with Crippen molar-refractivity contribution in [2.45, 2.75) is 13.8 Å². The van der Waals surface area contributed by atoms with Crippen molar-refractivity contribution in [3.05, 3.63) is 36.9 Å². The van der Waals surface area contributed by atoms with E-state index in [0.29, 0.717) is 0 Å². The highest BCUT2D eigenvalue weighted by atomic mass is 19.1. The van der Waals surface area contributed by atoms with Crippen LogP contribution >= 0.6 is 0 Å². The Balaban J connectivity index is 0. The highest BCUT2D eigenvalue weighted by molar-refractivity contribution is 5.18. The molecule has 0 aromatic carbocycles. The van der Waals surface area contributed by atoms with Crippen LogP contribution in [0.25, 0.3) is 0 Å². The number of hydrogen-bond acceptors (Lipinski definition) is 1. The van der Waals surface area contributed by atoms with Gasteiger partial charge in [-0.15, -0.1) is 0 Å². The highest BCUT2D eigenvalue weighted by Crippen LogP contribution is 2.02. The first-order valence-corrected chi connectivity index (χ1v) is 3.43. The number of rotatable bonds is 3. The summed E-state index contributed by atoms with van der Waals surface area (Å²) in [6.07, 6.45) is 2.25. The van der Waals surface area contributed by atoms with E-state index in [9.17, 15) is 4.39 Å². The lowest BCUT2D eigenvalue weighted by molar-refractivity contribution is 0.307. The van der Waals surface area contributed by atoms with Gasteiger partial charge in [0.25, 0.3) is 0 Å². The van der Waals surface area contributed by atoms with Crippen LogP contribution in [-0.2, 0) is 4.74 Å². The summed E-state index contributed by atoms with van der Waals surface area (Å²) in [5, 5.41) is 0. The van der Waals surface area contributed by atoms with Crippen LogP contribution in [0, 0.1) is 0 Å². The van der Waals surface area contributed by atoms with Gasteiger partial charge in [0.05, 0.1) is 7.11 Å². The van der Waals surface area contributed by atoms with Crippen molar-refractivity contribution in [1.29, 1.82) is 0 Å². The maximum absolute atomic E-state index is 12.2. The Labute approximate surface area is 67.9 Å². The average Bonchev–Trinajstić information content (AvgIpc) is 2.07. The molecule has 0 fully saturated rings. The third-order valence-corrected chi connectivity index (χ3v) is 0.756. The molecule has 2 heteroatoms. The molecule has 11 heavy (non-hydrogen) atoms. The van der Waals surface area contributed by atoms with Crippen molar-refractivity contribution >= 4 is 0 Å². The van der Waals surface area contributed by atoms with Gasteiger partial charge in [-0.2, -0.15) is 0 Å². The van der Waals surface area contributed by atoms with Crippen LogP contribution < -0.4 is 0 Å². The highest BCUT2D eigenvalue weighted by Gasteiger charge is 1.87.